The largest absolute Gasteiger partial charge is 0.381 e. The minimum Gasteiger partial charge on any atom is -0.381 e. The molecular formula is C13H15F2NO2. The molecule has 0 aliphatic carbocycles. The van der Waals surface area contributed by atoms with Gasteiger partial charge >= 0.3 is 0 Å². The number of hydrogen-bond donors (Lipinski definition) is 1. The minimum absolute atomic E-state index is 0.123. The second-order valence-electron chi connectivity index (χ2n) is 4.49. The molecular weight excluding hydrogens is 240 g/mol. The monoisotopic (exact) mass is 255 g/mol. The van der Waals surface area contributed by atoms with E-state index in [1.54, 1.807) is 0 Å². The van der Waals surface area contributed by atoms with Crippen LogP contribution in [0, 0.1) is 17.6 Å². The Kier molecular flexibility index (Phi) is 3.91. The van der Waals surface area contributed by atoms with Crippen LogP contribution >= 0.6 is 0 Å². The van der Waals surface area contributed by atoms with Gasteiger partial charge in [0, 0.05) is 18.6 Å². The second-order valence-corrected chi connectivity index (χ2v) is 4.49. The van der Waals surface area contributed by atoms with Gasteiger partial charge in [-0.2, -0.15) is 0 Å². The van der Waals surface area contributed by atoms with Crippen molar-refractivity contribution in [3.63, 3.8) is 0 Å². The van der Waals surface area contributed by atoms with Gasteiger partial charge in [-0.05, 0) is 25.5 Å². The average molecular weight is 255 g/mol. The fraction of sp³-hybridized carbons (Fsp3) is 0.462. The minimum atomic E-state index is -1.11. The Morgan fingerprint density at radius 3 is 2.94 bits per heavy atom. The number of rotatable bonds is 3. The molecule has 2 rings (SSSR count). The molecule has 0 bridgehead atoms. The van der Waals surface area contributed by atoms with Crippen molar-refractivity contribution < 1.29 is 18.3 Å². The van der Waals surface area contributed by atoms with Crippen LogP contribution in [-0.4, -0.2) is 25.2 Å². The highest BCUT2D eigenvalue weighted by Crippen LogP contribution is 2.17. The summed E-state index contributed by atoms with van der Waals surface area (Å²) in [6, 6.07) is 3.45. The molecule has 5 heteroatoms. The van der Waals surface area contributed by atoms with Crippen molar-refractivity contribution in [1.82, 2.24) is 5.32 Å². The molecule has 1 heterocycles. The van der Waals surface area contributed by atoms with Crippen LogP contribution in [-0.2, 0) is 4.74 Å². The van der Waals surface area contributed by atoms with Crippen molar-refractivity contribution >= 4 is 5.91 Å². The standard InChI is InChI=1S/C13H15F2NO2/c1-8(9-5-6-18-7-9)16-13(17)10-3-2-4-11(14)12(10)15/h2-4,8-9H,5-7H2,1H3,(H,16,17). The molecule has 2 unspecified atom stereocenters. The third-order valence-corrected chi connectivity index (χ3v) is 3.23. The zero-order chi connectivity index (χ0) is 13.1. The third-order valence-electron chi connectivity index (χ3n) is 3.23. The Morgan fingerprint density at radius 1 is 1.50 bits per heavy atom. The van der Waals surface area contributed by atoms with Crippen molar-refractivity contribution in [3.8, 4) is 0 Å². The summed E-state index contributed by atoms with van der Waals surface area (Å²) in [4.78, 5) is 11.8. The van der Waals surface area contributed by atoms with Crippen LogP contribution in [0.15, 0.2) is 18.2 Å². The van der Waals surface area contributed by atoms with Gasteiger partial charge in [0.15, 0.2) is 11.6 Å². The molecule has 1 N–H and O–H groups in total. The molecule has 98 valence electrons. The zero-order valence-corrected chi connectivity index (χ0v) is 10.1. The first-order chi connectivity index (χ1) is 8.59. The highest BCUT2D eigenvalue weighted by Gasteiger charge is 2.25. The van der Waals surface area contributed by atoms with E-state index in [-0.39, 0.29) is 17.5 Å². The molecule has 1 aliphatic heterocycles. The molecule has 1 fully saturated rings. The summed E-state index contributed by atoms with van der Waals surface area (Å²) in [6.07, 6.45) is 0.868. The molecule has 1 aliphatic rings. The number of halogens is 2. The van der Waals surface area contributed by atoms with Crippen LogP contribution in [0.2, 0.25) is 0 Å². The van der Waals surface area contributed by atoms with E-state index >= 15 is 0 Å². The van der Waals surface area contributed by atoms with E-state index in [1.807, 2.05) is 6.92 Å². The number of hydrogen-bond acceptors (Lipinski definition) is 2. The summed E-state index contributed by atoms with van der Waals surface area (Å²) in [5.41, 5.74) is -0.263. The Bertz CT molecular complexity index is 445. The van der Waals surface area contributed by atoms with Crippen LogP contribution in [0.5, 0.6) is 0 Å². The van der Waals surface area contributed by atoms with Crippen molar-refractivity contribution in [3.05, 3.63) is 35.4 Å². The number of nitrogens with one attached hydrogen (secondary N) is 1. The van der Waals surface area contributed by atoms with Gasteiger partial charge in [0.05, 0.1) is 12.2 Å². The van der Waals surface area contributed by atoms with E-state index < -0.39 is 17.5 Å². The molecule has 1 amide bonds. The first-order valence-corrected chi connectivity index (χ1v) is 5.92. The van der Waals surface area contributed by atoms with Gasteiger partial charge < -0.3 is 10.1 Å². The van der Waals surface area contributed by atoms with Crippen molar-refractivity contribution in [2.24, 2.45) is 5.92 Å². The molecule has 0 aromatic heterocycles. The maximum atomic E-state index is 13.4. The fourth-order valence-electron chi connectivity index (χ4n) is 2.03. The molecule has 1 saturated heterocycles. The van der Waals surface area contributed by atoms with Crippen molar-refractivity contribution in [2.75, 3.05) is 13.2 Å². The zero-order valence-electron chi connectivity index (χ0n) is 10.1. The normalized spacial score (nSPS) is 20.7. The molecule has 3 nitrogen and oxygen atoms in total. The fourth-order valence-corrected chi connectivity index (χ4v) is 2.03. The summed E-state index contributed by atoms with van der Waals surface area (Å²) < 4.78 is 31.6. The maximum absolute atomic E-state index is 13.4. The Labute approximate surface area is 104 Å². The first-order valence-electron chi connectivity index (χ1n) is 5.92. The Morgan fingerprint density at radius 2 is 2.28 bits per heavy atom. The lowest BCUT2D eigenvalue weighted by atomic mass is 10.0. The predicted octanol–water partition coefficient (Wildman–Crippen LogP) is 2.12. The topological polar surface area (TPSA) is 38.3 Å². The van der Waals surface area contributed by atoms with E-state index in [4.69, 9.17) is 4.74 Å². The van der Waals surface area contributed by atoms with Crippen LogP contribution in [0.1, 0.15) is 23.7 Å². The number of carbonyl (C=O) groups excluding carboxylic acids is 1. The number of ether oxygens (including phenoxy) is 1. The van der Waals surface area contributed by atoms with Crippen molar-refractivity contribution in [2.45, 2.75) is 19.4 Å². The molecule has 0 saturated carbocycles. The van der Waals surface area contributed by atoms with Gasteiger partial charge in [-0.15, -0.1) is 0 Å². The molecule has 1 aromatic carbocycles. The number of amides is 1. The summed E-state index contributed by atoms with van der Waals surface area (Å²) in [5.74, 6) is -2.48. The van der Waals surface area contributed by atoms with E-state index in [0.717, 1.165) is 12.5 Å². The SMILES string of the molecule is CC(NC(=O)c1cccc(F)c1F)C1CCOC1. The van der Waals surface area contributed by atoms with E-state index in [2.05, 4.69) is 5.32 Å². The van der Waals surface area contributed by atoms with Crippen LogP contribution in [0.25, 0.3) is 0 Å². The van der Waals surface area contributed by atoms with Gasteiger partial charge in [-0.1, -0.05) is 6.07 Å². The van der Waals surface area contributed by atoms with Gasteiger partial charge in [-0.25, -0.2) is 8.78 Å². The first kappa shape index (κ1) is 13.0. The van der Waals surface area contributed by atoms with E-state index in [9.17, 15) is 13.6 Å². The molecule has 1 aromatic rings. The van der Waals surface area contributed by atoms with Gasteiger partial charge in [0.25, 0.3) is 5.91 Å². The summed E-state index contributed by atoms with van der Waals surface area (Å²) in [6.45, 7) is 3.11. The number of carbonyl (C=O) groups is 1. The van der Waals surface area contributed by atoms with E-state index in [1.165, 1.54) is 12.1 Å². The van der Waals surface area contributed by atoms with Crippen molar-refractivity contribution in [1.29, 1.82) is 0 Å². The Balaban J connectivity index is 2.05. The van der Waals surface area contributed by atoms with Crippen LogP contribution in [0.3, 0.4) is 0 Å². The van der Waals surface area contributed by atoms with E-state index in [0.29, 0.717) is 13.2 Å². The summed E-state index contributed by atoms with van der Waals surface area (Å²) in [7, 11) is 0. The molecule has 0 radical (unpaired) electrons. The lowest BCUT2D eigenvalue weighted by Crippen LogP contribution is -2.38. The van der Waals surface area contributed by atoms with Crippen LogP contribution < -0.4 is 5.32 Å². The highest BCUT2D eigenvalue weighted by molar-refractivity contribution is 5.94. The predicted molar refractivity (Wildman–Crippen MR) is 62.2 cm³/mol. The van der Waals surface area contributed by atoms with Gasteiger partial charge in [0.2, 0.25) is 0 Å². The quantitative estimate of drug-likeness (QED) is 0.898. The maximum Gasteiger partial charge on any atom is 0.254 e. The molecule has 18 heavy (non-hydrogen) atoms. The lowest BCUT2D eigenvalue weighted by Gasteiger charge is -2.19. The lowest BCUT2D eigenvalue weighted by molar-refractivity contribution is 0.0917. The molecule has 2 atom stereocenters. The highest BCUT2D eigenvalue weighted by atomic mass is 19.2. The van der Waals surface area contributed by atoms with Gasteiger partial charge in [-0.3, -0.25) is 4.79 Å². The summed E-state index contributed by atoms with van der Waals surface area (Å²) in [5, 5.41) is 2.68. The van der Waals surface area contributed by atoms with Gasteiger partial charge in [0.1, 0.15) is 0 Å². The average Bonchev–Trinajstić information content (AvgIpc) is 2.86. The Hall–Kier alpha value is -1.49. The van der Waals surface area contributed by atoms with Crippen LogP contribution in [0.4, 0.5) is 8.78 Å². The third kappa shape index (κ3) is 2.67. The second kappa shape index (κ2) is 5.44. The number of benzene rings is 1. The summed E-state index contributed by atoms with van der Waals surface area (Å²) >= 11 is 0. The molecule has 0 spiro atoms. The smallest absolute Gasteiger partial charge is 0.254 e.